The Hall–Kier alpha value is -0.830. The second-order valence-electron chi connectivity index (χ2n) is 4.85. The topological polar surface area (TPSA) is 12.0 Å². The Morgan fingerprint density at radius 1 is 1.32 bits per heavy atom. The third kappa shape index (κ3) is 4.34. The molecule has 1 aromatic carbocycles. The molecule has 1 nitrogen and oxygen atoms in total. The lowest BCUT2D eigenvalue weighted by Crippen LogP contribution is -2.23. The zero-order valence-corrected chi connectivity index (χ0v) is 13.0. The SMILES string of the molecule is CCCNC(Cc1cccs1)c1cc(C)cc(Cl)c1. The molecule has 1 aromatic heterocycles. The lowest BCUT2D eigenvalue weighted by atomic mass is 10.0. The molecular formula is C16H20ClNS. The standard InChI is InChI=1S/C16H20ClNS/c1-3-6-18-16(11-15-5-4-7-19-15)13-8-12(2)9-14(17)10-13/h4-5,7-10,16,18H,3,6,11H2,1-2H3. The van der Waals surface area contributed by atoms with E-state index in [1.807, 2.05) is 17.4 Å². The summed E-state index contributed by atoms with van der Waals surface area (Å²) in [5.41, 5.74) is 2.50. The summed E-state index contributed by atoms with van der Waals surface area (Å²) < 4.78 is 0. The second kappa shape index (κ2) is 7.09. The molecule has 0 aliphatic heterocycles. The lowest BCUT2D eigenvalue weighted by molar-refractivity contribution is 0.532. The molecule has 1 atom stereocenters. The highest BCUT2D eigenvalue weighted by Gasteiger charge is 2.13. The summed E-state index contributed by atoms with van der Waals surface area (Å²) in [7, 11) is 0. The fourth-order valence-corrected chi connectivity index (χ4v) is 3.27. The first-order valence-electron chi connectivity index (χ1n) is 6.72. The smallest absolute Gasteiger partial charge is 0.0411 e. The first kappa shape index (κ1) is 14.6. The van der Waals surface area contributed by atoms with Crippen LogP contribution in [0.4, 0.5) is 0 Å². The Labute approximate surface area is 124 Å². The van der Waals surface area contributed by atoms with E-state index in [1.165, 1.54) is 16.0 Å². The summed E-state index contributed by atoms with van der Waals surface area (Å²) in [6, 6.07) is 11.0. The maximum atomic E-state index is 6.18. The number of thiophene rings is 1. The zero-order chi connectivity index (χ0) is 13.7. The van der Waals surface area contributed by atoms with Crippen molar-refractivity contribution in [1.29, 1.82) is 0 Å². The van der Waals surface area contributed by atoms with Crippen molar-refractivity contribution in [2.24, 2.45) is 0 Å². The van der Waals surface area contributed by atoms with E-state index >= 15 is 0 Å². The van der Waals surface area contributed by atoms with Crippen molar-refractivity contribution >= 4 is 22.9 Å². The largest absolute Gasteiger partial charge is 0.310 e. The van der Waals surface area contributed by atoms with Gasteiger partial charge in [-0.3, -0.25) is 0 Å². The van der Waals surface area contributed by atoms with Crippen molar-refractivity contribution in [2.75, 3.05) is 6.54 Å². The fraction of sp³-hybridized carbons (Fsp3) is 0.375. The highest BCUT2D eigenvalue weighted by atomic mass is 35.5. The first-order chi connectivity index (χ1) is 9.19. The van der Waals surface area contributed by atoms with Gasteiger partial charge in [0, 0.05) is 22.4 Å². The number of halogens is 1. The van der Waals surface area contributed by atoms with Gasteiger partial charge < -0.3 is 5.32 Å². The van der Waals surface area contributed by atoms with Crippen molar-refractivity contribution in [3.05, 3.63) is 56.7 Å². The van der Waals surface area contributed by atoms with Gasteiger partial charge in [-0.25, -0.2) is 0 Å². The molecular weight excluding hydrogens is 274 g/mol. The normalized spacial score (nSPS) is 12.6. The van der Waals surface area contributed by atoms with Crippen LogP contribution in [-0.4, -0.2) is 6.54 Å². The monoisotopic (exact) mass is 293 g/mol. The van der Waals surface area contributed by atoms with Gasteiger partial charge in [-0.15, -0.1) is 11.3 Å². The third-order valence-electron chi connectivity index (χ3n) is 3.09. The highest BCUT2D eigenvalue weighted by molar-refractivity contribution is 7.09. The molecule has 1 N–H and O–H groups in total. The summed E-state index contributed by atoms with van der Waals surface area (Å²) in [5, 5.41) is 6.58. The van der Waals surface area contributed by atoms with E-state index in [9.17, 15) is 0 Å². The van der Waals surface area contributed by atoms with Gasteiger partial charge in [-0.2, -0.15) is 0 Å². The molecule has 0 amide bonds. The van der Waals surface area contributed by atoms with Crippen LogP contribution in [0.15, 0.2) is 35.7 Å². The average Bonchev–Trinajstić information content (AvgIpc) is 2.86. The van der Waals surface area contributed by atoms with Crippen LogP contribution in [0.25, 0.3) is 0 Å². The first-order valence-corrected chi connectivity index (χ1v) is 7.97. The number of nitrogens with one attached hydrogen (secondary N) is 1. The van der Waals surface area contributed by atoms with Crippen molar-refractivity contribution in [3.63, 3.8) is 0 Å². The number of aryl methyl sites for hydroxylation is 1. The highest BCUT2D eigenvalue weighted by Crippen LogP contribution is 2.25. The van der Waals surface area contributed by atoms with Crippen LogP contribution in [-0.2, 0) is 6.42 Å². The molecule has 19 heavy (non-hydrogen) atoms. The van der Waals surface area contributed by atoms with Crippen LogP contribution in [0.1, 0.15) is 35.4 Å². The molecule has 2 aromatic rings. The van der Waals surface area contributed by atoms with E-state index in [4.69, 9.17) is 11.6 Å². The molecule has 0 saturated heterocycles. The molecule has 3 heteroatoms. The minimum Gasteiger partial charge on any atom is -0.310 e. The summed E-state index contributed by atoms with van der Waals surface area (Å²) in [6.45, 7) is 5.32. The molecule has 1 unspecified atom stereocenters. The molecule has 102 valence electrons. The summed E-state index contributed by atoms with van der Waals surface area (Å²) in [4.78, 5) is 1.41. The van der Waals surface area contributed by atoms with Crippen LogP contribution < -0.4 is 5.32 Å². The molecule has 0 aliphatic rings. The Balaban J connectivity index is 2.20. The molecule has 0 saturated carbocycles. The summed E-state index contributed by atoms with van der Waals surface area (Å²) in [5.74, 6) is 0. The second-order valence-corrected chi connectivity index (χ2v) is 6.32. The van der Waals surface area contributed by atoms with E-state index in [0.717, 1.165) is 24.4 Å². The molecule has 0 fully saturated rings. The Kier molecular flexibility index (Phi) is 5.44. The van der Waals surface area contributed by atoms with Crippen LogP contribution >= 0.6 is 22.9 Å². The predicted molar refractivity (Wildman–Crippen MR) is 85.2 cm³/mol. The Morgan fingerprint density at radius 2 is 2.16 bits per heavy atom. The minimum absolute atomic E-state index is 0.344. The zero-order valence-electron chi connectivity index (χ0n) is 11.4. The van der Waals surface area contributed by atoms with Gasteiger partial charge in [0.1, 0.15) is 0 Å². The van der Waals surface area contributed by atoms with Crippen molar-refractivity contribution in [1.82, 2.24) is 5.32 Å². The van der Waals surface area contributed by atoms with E-state index in [2.05, 4.69) is 48.8 Å². The summed E-state index contributed by atoms with van der Waals surface area (Å²) >= 11 is 8.00. The molecule has 0 aliphatic carbocycles. The van der Waals surface area contributed by atoms with Gasteiger partial charge in [0.25, 0.3) is 0 Å². The van der Waals surface area contributed by atoms with Crippen LogP contribution in [0.2, 0.25) is 5.02 Å². The Morgan fingerprint density at radius 3 is 2.79 bits per heavy atom. The van der Waals surface area contributed by atoms with E-state index < -0.39 is 0 Å². The minimum atomic E-state index is 0.344. The van der Waals surface area contributed by atoms with Crippen LogP contribution in [0.3, 0.4) is 0 Å². The molecule has 2 rings (SSSR count). The predicted octanol–water partition coefficient (Wildman–Crippen LogP) is 4.99. The number of hydrogen-bond acceptors (Lipinski definition) is 2. The molecule has 0 radical (unpaired) electrons. The third-order valence-corrected chi connectivity index (χ3v) is 4.21. The van der Waals surface area contributed by atoms with Gasteiger partial charge in [0.05, 0.1) is 0 Å². The van der Waals surface area contributed by atoms with E-state index in [0.29, 0.717) is 6.04 Å². The van der Waals surface area contributed by atoms with Crippen LogP contribution in [0, 0.1) is 6.92 Å². The van der Waals surface area contributed by atoms with Gasteiger partial charge in [-0.1, -0.05) is 30.7 Å². The van der Waals surface area contributed by atoms with Gasteiger partial charge in [0.15, 0.2) is 0 Å². The number of hydrogen-bond donors (Lipinski definition) is 1. The van der Waals surface area contributed by atoms with Gasteiger partial charge in [-0.05, 0) is 54.6 Å². The lowest BCUT2D eigenvalue weighted by Gasteiger charge is -2.19. The van der Waals surface area contributed by atoms with Crippen LogP contribution in [0.5, 0.6) is 0 Å². The maximum Gasteiger partial charge on any atom is 0.0411 e. The maximum absolute atomic E-state index is 6.18. The van der Waals surface area contributed by atoms with Crippen molar-refractivity contribution in [3.8, 4) is 0 Å². The fourth-order valence-electron chi connectivity index (χ4n) is 2.22. The Bertz CT molecular complexity index is 487. The van der Waals surface area contributed by atoms with Gasteiger partial charge >= 0.3 is 0 Å². The molecule has 1 heterocycles. The van der Waals surface area contributed by atoms with E-state index in [1.54, 1.807) is 0 Å². The average molecular weight is 294 g/mol. The number of benzene rings is 1. The van der Waals surface area contributed by atoms with Crippen molar-refractivity contribution in [2.45, 2.75) is 32.7 Å². The number of rotatable bonds is 6. The van der Waals surface area contributed by atoms with Crippen molar-refractivity contribution < 1.29 is 0 Å². The quantitative estimate of drug-likeness (QED) is 0.791. The molecule has 0 spiro atoms. The van der Waals surface area contributed by atoms with E-state index in [-0.39, 0.29) is 0 Å². The van der Waals surface area contributed by atoms with Gasteiger partial charge in [0.2, 0.25) is 0 Å². The summed E-state index contributed by atoms with van der Waals surface area (Å²) in [6.07, 6.45) is 2.16. The molecule has 0 bridgehead atoms.